The first kappa shape index (κ1) is 11.7. The van der Waals surface area contributed by atoms with Gasteiger partial charge in [0, 0.05) is 32.1 Å². The number of aromatic nitrogens is 1. The van der Waals surface area contributed by atoms with Gasteiger partial charge in [-0.05, 0) is 38.1 Å². The maximum Gasteiger partial charge on any atom is 0.0641 e. The van der Waals surface area contributed by atoms with E-state index in [9.17, 15) is 0 Å². The van der Waals surface area contributed by atoms with Crippen LogP contribution < -0.4 is 0 Å². The van der Waals surface area contributed by atoms with E-state index in [0.717, 1.165) is 19.7 Å². The topological polar surface area (TPSA) is 17.4 Å². The Morgan fingerprint density at radius 1 is 1.25 bits per heavy atom. The molecule has 0 radical (unpaired) electrons. The molecule has 0 spiro atoms. The molecule has 90 valence electrons. The van der Waals surface area contributed by atoms with Crippen LogP contribution in [0.15, 0.2) is 18.3 Å². The zero-order valence-electron chi connectivity index (χ0n) is 10.2. The second kappa shape index (κ2) is 6.06. The van der Waals surface area contributed by atoms with Gasteiger partial charge in [-0.25, -0.2) is 0 Å². The maximum atomic E-state index is 5.13. The van der Waals surface area contributed by atoms with Crippen molar-refractivity contribution < 1.29 is 4.74 Å². The standard InChI is InChI=1S/C13H22N2O/c1-16-11-10-15-9-5-6-13(15)12-14-7-3-2-4-8-14/h5-6,9H,2-4,7-8,10-12H2,1H3. The fourth-order valence-corrected chi connectivity index (χ4v) is 2.35. The lowest BCUT2D eigenvalue weighted by atomic mass is 10.1. The fraction of sp³-hybridized carbons (Fsp3) is 0.692. The lowest BCUT2D eigenvalue weighted by Crippen LogP contribution is -2.30. The molecule has 0 unspecified atom stereocenters. The molecule has 3 heteroatoms. The largest absolute Gasteiger partial charge is 0.383 e. The highest BCUT2D eigenvalue weighted by Crippen LogP contribution is 2.13. The van der Waals surface area contributed by atoms with Crippen molar-refractivity contribution in [2.75, 3.05) is 26.8 Å². The molecule has 1 fully saturated rings. The van der Waals surface area contributed by atoms with Gasteiger partial charge in [0.2, 0.25) is 0 Å². The van der Waals surface area contributed by atoms with Crippen LogP contribution in [0.2, 0.25) is 0 Å². The van der Waals surface area contributed by atoms with Crippen molar-refractivity contribution in [3.8, 4) is 0 Å². The third kappa shape index (κ3) is 3.09. The molecule has 16 heavy (non-hydrogen) atoms. The van der Waals surface area contributed by atoms with Gasteiger partial charge in [0.05, 0.1) is 6.61 Å². The molecule has 1 aromatic rings. The highest BCUT2D eigenvalue weighted by Gasteiger charge is 2.11. The number of hydrogen-bond donors (Lipinski definition) is 0. The van der Waals surface area contributed by atoms with E-state index < -0.39 is 0 Å². The van der Waals surface area contributed by atoms with Gasteiger partial charge in [0.25, 0.3) is 0 Å². The van der Waals surface area contributed by atoms with E-state index in [1.165, 1.54) is 38.0 Å². The molecule has 0 aromatic carbocycles. The fourth-order valence-electron chi connectivity index (χ4n) is 2.35. The second-order valence-corrected chi connectivity index (χ2v) is 4.52. The molecule has 2 heterocycles. The number of rotatable bonds is 5. The molecule has 0 atom stereocenters. The van der Waals surface area contributed by atoms with Crippen LogP contribution in [0.3, 0.4) is 0 Å². The van der Waals surface area contributed by atoms with Crippen molar-refractivity contribution in [3.05, 3.63) is 24.0 Å². The summed E-state index contributed by atoms with van der Waals surface area (Å²) in [6.07, 6.45) is 6.27. The van der Waals surface area contributed by atoms with Crippen LogP contribution in [-0.4, -0.2) is 36.3 Å². The monoisotopic (exact) mass is 222 g/mol. The van der Waals surface area contributed by atoms with E-state index in [0.29, 0.717) is 0 Å². The van der Waals surface area contributed by atoms with Gasteiger partial charge in [-0.15, -0.1) is 0 Å². The molecule has 1 aromatic heterocycles. The Morgan fingerprint density at radius 3 is 2.81 bits per heavy atom. The van der Waals surface area contributed by atoms with Crippen LogP contribution in [-0.2, 0) is 17.8 Å². The van der Waals surface area contributed by atoms with Gasteiger partial charge in [-0.3, -0.25) is 4.90 Å². The van der Waals surface area contributed by atoms with Gasteiger partial charge in [0.15, 0.2) is 0 Å². The van der Waals surface area contributed by atoms with Crippen molar-refractivity contribution in [1.82, 2.24) is 9.47 Å². The molecule has 0 saturated carbocycles. The van der Waals surface area contributed by atoms with Crippen LogP contribution >= 0.6 is 0 Å². The van der Waals surface area contributed by atoms with E-state index in [1.54, 1.807) is 7.11 Å². The summed E-state index contributed by atoms with van der Waals surface area (Å²) in [5.74, 6) is 0. The zero-order valence-corrected chi connectivity index (χ0v) is 10.2. The Hall–Kier alpha value is -0.800. The van der Waals surface area contributed by atoms with Gasteiger partial charge < -0.3 is 9.30 Å². The lowest BCUT2D eigenvalue weighted by molar-refractivity contribution is 0.181. The van der Waals surface area contributed by atoms with Crippen molar-refractivity contribution in [3.63, 3.8) is 0 Å². The highest BCUT2D eigenvalue weighted by molar-refractivity contribution is 5.07. The third-order valence-electron chi connectivity index (χ3n) is 3.29. The summed E-state index contributed by atoms with van der Waals surface area (Å²) in [6.45, 7) is 5.37. The third-order valence-corrected chi connectivity index (χ3v) is 3.29. The summed E-state index contributed by atoms with van der Waals surface area (Å²) in [7, 11) is 1.76. The molecule has 1 aliphatic rings. The van der Waals surface area contributed by atoms with Crippen molar-refractivity contribution in [1.29, 1.82) is 0 Å². The Kier molecular flexibility index (Phi) is 4.43. The molecule has 3 nitrogen and oxygen atoms in total. The van der Waals surface area contributed by atoms with Crippen molar-refractivity contribution in [2.24, 2.45) is 0 Å². The summed E-state index contributed by atoms with van der Waals surface area (Å²) >= 11 is 0. The Bertz CT molecular complexity index is 303. The summed E-state index contributed by atoms with van der Waals surface area (Å²) in [6, 6.07) is 4.36. The minimum atomic E-state index is 0.793. The molecule has 1 aliphatic heterocycles. The molecule has 0 amide bonds. The Balaban J connectivity index is 1.89. The van der Waals surface area contributed by atoms with Crippen molar-refractivity contribution in [2.45, 2.75) is 32.4 Å². The number of ether oxygens (including phenoxy) is 1. The van der Waals surface area contributed by atoms with E-state index in [1.807, 2.05) is 0 Å². The number of likely N-dealkylation sites (tertiary alicyclic amines) is 1. The van der Waals surface area contributed by atoms with Crippen molar-refractivity contribution >= 4 is 0 Å². The van der Waals surface area contributed by atoms with Crippen LogP contribution in [0.5, 0.6) is 0 Å². The minimum Gasteiger partial charge on any atom is -0.383 e. The predicted octanol–water partition coefficient (Wildman–Crippen LogP) is 2.12. The van der Waals surface area contributed by atoms with Gasteiger partial charge in [-0.2, -0.15) is 0 Å². The molecule has 0 bridgehead atoms. The second-order valence-electron chi connectivity index (χ2n) is 4.52. The summed E-state index contributed by atoms with van der Waals surface area (Å²) < 4.78 is 7.43. The molecule has 1 saturated heterocycles. The summed E-state index contributed by atoms with van der Waals surface area (Å²) in [5, 5.41) is 0. The van der Waals surface area contributed by atoms with E-state index >= 15 is 0 Å². The number of nitrogens with zero attached hydrogens (tertiary/aromatic N) is 2. The first-order valence-electron chi connectivity index (χ1n) is 6.25. The van der Waals surface area contributed by atoms with E-state index in [4.69, 9.17) is 4.74 Å². The van der Waals surface area contributed by atoms with Gasteiger partial charge in [0.1, 0.15) is 0 Å². The van der Waals surface area contributed by atoms with Crippen LogP contribution in [0.25, 0.3) is 0 Å². The predicted molar refractivity (Wildman–Crippen MR) is 65.4 cm³/mol. The number of methoxy groups -OCH3 is 1. The molecular formula is C13H22N2O. The first-order chi connectivity index (χ1) is 7.90. The lowest BCUT2D eigenvalue weighted by Gasteiger charge is -2.26. The number of hydrogen-bond acceptors (Lipinski definition) is 2. The first-order valence-corrected chi connectivity index (χ1v) is 6.25. The van der Waals surface area contributed by atoms with Crippen LogP contribution in [0.1, 0.15) is 25.0 Å². The Labute approximate surface area is 98.0 Å². The van der Waals surface area contributed by atoms with Crippen LogP contribution in [0, 0.1) is 0 Å². The van der Waals surface area contributed by atoms with Gasteiger partial charge in [-0.1, -0.05) is 6.42 Å². The minimum absolute atomic E-state index is 0.793. The SMILES string of the molecule is COCCn1cccc1CN1CCCCC1. The summed E-state index contributed by atoms with van der Waals surface area (Å²) in [5.41, 5.74) is 1.42. The normalized spacial score (nSPS) is 17.8. The summed E-state index contributed by atoms with van der Waals surface area (Å²) in [4.78, 5) is 2.56. The molecular weight excluding hydrogens is 200 g/mol. The smallest absolute Gasteiger partial charge is 0.0641 e. The van der Waals surface area contributed by atoms with E-state index in [-0.39, 0.29) is 0 Å². The quantitative estimate of drug-likeness (QED) is 0.759. The average Bonchev–Trinajstić information content (AvgIpc) is 2.75. The molecule has 0 N–H and O–H groups in total. The number of piperidine rings is 1. The molecule has 2 rings (SSSR count). The maximum absolute atomic E-state index is 5.13. The van der Waals surface area contributed by atoms with Crippen LogP contribution in [0.4, 0.5) is 0 Å². The highest BCUT2D eigenvalue weighted by atomic mass is 16.5. The molecule has 0 aliphatic carbocycles. The van der Waals surface area contributed by atoms with Gasteiger partial charge >= 0.3 is 0 Å². The Morgan fingerprint density at radius 2 is 2.06 bits per heavy atom. The van der Waals surface area contributed by atoms with E-state index in [2.05, 4.69) is 27.8 Å². The zero-order chi connectivity index (χ0) is 11.2. The average molecular weight is 222 g/mol.